The quantitative estimate of drug-likeness (QED) is 0.686. The van der Waals surface area contributed by atoms with Crippen molar-refractivity contribution in [3.05, 3.63) is 60.4 Å². The second-order valence-electron chi connectivity index (χ2n) is 5.27. The van der Waals surface area contributed by atoms with E-state index in [1.54, 1.807) is 31.3 Å². The summed E-state index contributed by atoms with van der Waals surface area (Å²) in [7, 11) is -4.12. The van der Waals surface area contributed by atoms with Crippen LogP contribution in [0.15, 0.2) is 53.7 Å². The maximum absolute atomic E-state index is 14.1. The van der Waals surface area contributed by atoms with E-state index in [2.05, 4.69) is 9.97 Å². The van der Waals surface area contributed by atoms with Gasteiger partial charge in [0.25, 0.3) is 10.0 Å². The molecule has 0 saturated heterocycles. The zero-order valence-corrected chi connectivity index (χ0v) is 14.5. The van der Waals surface area contributed by atoms with Gasteiger partial charge in [0.1, 0.15) is 4.90 Å². The molecule has 0 unspecified atom stereocenters. The molecule has 1 aromatic carbocycles. The molecule has 0 aliphatic carbocycles. The summed E-state index contributed by atoms with van der Waals surface area (Å²) in [4.78, 5) is 6.78. The van der Waals surface area contributed by atoms with Crippen LogP contribution in [0, 0.1) is 11.6 Å². The third kappa shape index (κ3) is 3.67. The molecule has 2 heterocycles. The van der Waals surface area contributed by atoms with E-state index in [1.165, 1.54) is 12.3 Å². The predicted octanol–water partition coefficient (Wildman–Crippen LogP) is 3.55. The van der Waals surface area contributed by atoms with Crippen molar-refractivity contribution in [2.45, 2.75) is 11.8 Å². The monoisotopic (exact) mass is 379 g/mol. The SMILES string of the molecule is CCOc1cc(F)c(NS(=O)(=O)c2c[nH]c(-c3ccccn3)c2)cc1F. The molecule has 2 N–H and O–H groups in total. The van der Waals surface area contributed by atoms with Crippen LogP contribution in [0.4, 0.5) is 14.5 Å². The van der Waals surface area contributed by atoms with Gasteiger partial charge in [-0.2, -0.15) is 0 Å². The number of nitrogens with one attached hydrogen (secondary N) is 2. The number of hydrogen-bond acceptors (Lipinski definition) is 4. The first-order valence-electron chi connectivity index (χ1n) is 7.65. The smallest absolute Gasteiger partial charge is 0.263 e. The molecule has 0 atom stereocenters. The van der Waals surface area contributed by atoms with Crippen molar-refractivity contribution in [2.24, 2.45) is 0 Å². The highest BCUT2D eigenvalue weighted by Gasteiger charge is 2.20. The number of rotatable bonds is 6. The Bertz CT molecular complexity index is 1020. The maximum atomic E-state index is 14.1. The van der Waals surface area contributed by atoms with Crippen LogP contribution in [0.25, 0.3) is 11.4 Å². The lowest BCUT2D eigenvalue weighted by atomic mass is 10.3. The normalized spacial score (nSPS) is 11.3. The number of hydrogen-bond donors (Lipinski definition) is 2. The topological polar surface area (TPSA) is 84.1 Å². The van der Waals surface area contributed by atoms with Crippen LogP contribution >= 0.6 is 0 Å². The van der Waals surface area contributed by atoms with E-state index < -0.39 is 27.3 Å². The molecular weight excluding hydrogens is 364 g/mol. The highest BCUT2D eigenvalue weighted by Crippen LogP contribution is 2.27. The van der Waals surface area contributed by atoms with Crippen LogP contribution < -0.4 is 9.46 Å². The summed E-state index contributed by atoms with van der Waals surface area (Å²) >= 11 is 0. The van der Waals surface area contributed by atoms with Gasteiger partial charge in [0, 0.05) is 24.5 Å². The average molecular weight is 379 g/mol. The first-order chi connectivity index (χ1) is 12.4. The molecule has 0 radical (unpaired) electrons. The maximum Gasteiger partial charge on any atom is 0.263 e. The lowest BCUT2D eigenvalue weighted by Gasteiger charge is -2.10. The summed E-state index contributed by atoms with van der Waals surface area (Å²) in [5, 5.41) is 0. The minimum Gasteiger partial charge on any atom is -0.491 e. The molecule has 3 aromatic rings. The summed E-state index contributed by atoms with van der Waals surface area (Å²) in [6.45, 7) is 1.78. The van der Waals surface area contributed by atoms with Crippen molar-refractivity contribution in [3.8, 4) is 17.1 Å². The van der Waals surface area contributed by atoms with Crippen LogP contribution in [-0.4, -0.2) is 25.0 Å². The highest BCUT2D eigenvalue weighted by atomic mass is 32.2. The van der Waals surface area contributed by atoms with Gasteiger partial charge in [-0.1, -0.05) is 6.07 Å². The van der Waals surface area contributed by atoms with Gasteiger partial charge in [0.05, 0.1) is 23.7 Å². The number of halogens is 2. The van der Waals surface area contributed by atoms with E-state index in [0.717, 1.165) is 12.1 Å². The molecule has 2 aromatic heterocycles. The fourth-order valence-corrected chi connectivity index (χ4v) is 3.33. The third-order valence-corrected chi connectivity index (χ3v) is 4.82. The lowest BCUT2D eigenvalue weighted by molar-refractivity contribution is 0.319. The van der Waals surface area contributed by atoms with Crippen LogP contribution in [0.2, 0.25) is 0 Å². The standard InChI is InChI=1S/C17H15F2N3O3S/c1-2-25-17-9-12(18)15(8-13(17)19)22-26(23,24)11-7-16(21-10-11)14-5-3-4-6-20-14/h3-10,21-22H,2H2,1H3. The number of sulfonamides is 1. The Morgan fingerprint density at radius 1 is 1.19 bits per heavy atom. The van der Waals surface area contributed by atoms with E-state index in [4.69, 9.17) is 4.74 Å². The molecule has 0 bridgehead atoms. The second-order valence-corrected chi connectivity index (χ2v) is 6.95. The van der Waals surface area contributed by atoms with Crippen molar-refractivity contribution in [1.29, 1.82) is 0 Å². The van der Waals surface area contributed by atoms with Crippen molar-refractivity contribution in [2.75, 3.05) is 11.3 Å². The number of nitrogens with zero attached hydrogens (tertiary/aromatic N) is 1. The van der Waals surface area contributed by atoms with Crippen LogP contribution in [0.3, 0.4) is 0 Å². The molecule has 136 valence electrons. The Balaban J connectivity index is 1.88. The van der Waals surface area contributed by atoms with Gasteiger partial charge >= 0.3 is 0 Å². The molecule has 0 spiro atoms. The summed E-state index contributed by atoms with van der Waals surface area (Å²) < 4.78 is 59.8. The number of anilines is 1. The number of pyridine rings is 1. The van der Waals surface area contributed by atoms with E-state index in [-0.39, 0.29) is 17.3 Å². The average Bonchev–Trinajstić information content (AvgIpc) is 3.11. The summed E-state index contributed by atoms with van der Waals surface area (Å²) in [5.74, 6) is -2.10. The molecule has 0 fully saturated rings. The Morgan fingerprint density at radius 3 is 2.69 bits per heavy atom. The van der Waals surface area contributed by atoms with Crippen molar-refractivity contribution in [1.82, 2.24) is 9.97 Å². The molecule has 26 heavy (non-hydrogen) atoms. The molecule has 0 aliphatic heterocycles. The first-order valence-corrected chi connectivity index (χ1v) is 9.13. The Labute approximate surface area is 148 Å². The van der Waals surface area contributed by atoms with Gasteiger partial charge in [-0.25, -0.2) is 17.2 Å². The second kappa shape index (κ2) is 7.12. The zero-order valence-electron chi connectivity index (χ0n) is 13.7. The zero-order chi connectivity index (χ0) is 18.7. The van der Waals surface area contributed by atoms with E-state index in [1.807, 2.05) is 4.72 Å². The predicted molar refractivity (Wildman–Crippen MR) is 92.4 cm³/mol. The molecule has 0 aliphatic rings. The highest BCUT2D eigenvalue weighted by molar-refractivity contribution is 7.92. The molecule has 9 heteroatoms. The van der Waals surface area contributed by atoms with Gasteiger partial charge in [-0.05, 0) is 25.1 Å². The number of benzene rings is 1. The van der Waals surface area contributed by atoms with Crippen LogP contribution in [0.1, 0.15) is 6.92 Å². The fourth-order valence-electron chi connectivity index (χ4n) is 2.28. The molecule has 0 amide bonds. The number of H-pyrrole nitrogens is 1. The Hall–Kier alpha value is -2.94. The molecular formula is C17H15F2N3O3S. The number of aromatic nitrogens is 2. The third-order valence-electron chi connectivity index (χ3n) is 3.47. The number of aromatic amines is 1. The summed E-state index contributed by atoms with van der Waals surface area (Å²) in [5.41, 5.74) is 0.517. The van der Waals surface area contributed by atoms with E-state index >= 15 is 0 Å². The summed E-state index contributed by atoms with van der Waals surface area (Å²) in [6, 6.07) is 8.09. The van der Waals surface area contributed by atoms with Crippen LogP contribution in [0.5, 0.6) is 5.75 Å². The van der Waals surface area contributed by atoms with Crippen molar-refractivity contribution < 1.29 is 21.9 Å². The fraction of sp³-hybridized carbons (Fsp3) is 0.118. The van der Waals surface area contributed by atoms with Gasteiger partial charge < -0.3 is 9.72 Å². The Morgan fingerprint density at radius 2 is 2.00 bits per heavy atom. The lowest BCUT2D eigenvalue weighted by Crippen LogP contribution is -2.13. The van der Waals surface area contributed by atoms with Crippen LogP contribution in [-0.2, 0) is 10.0 Å². The minimum absolute atomic E-state index is 0.133. The Kier molecular flexibility index (Phi) is 4.90. The molecule has 6 nitrogen and oxygen atoms in total. The van der Waals surface area contributed by atoms with Gasteiger partial charge in [-0.15, -0.1) is 0 Å². The van der Waals surface area contributed by atoms with E-state index in [9.17, 15) is 17.2 Å². The summed E-state index contributed by atoms with van der Waals surface area (Å²) in [6.07, 6.45) is 2.82. The van der Waals surface area contributed by atoms with Gasteiger partial charge in [0.2, 0.25) is 0 Å². The van der Waals surface area contributed by atoms with E-state index in [0.29, 0.717) is 11.4 Å². The molecule has 3 rings (SSSR count). The first kappa shape index (κ1) is 17.9. The van der Waals surface area contributed by atoms with Gasteiger partial charge in [0.15, 0.2) is 17.4 Å². The van der Waals surface area contributed by atoms with Crippen molar-refractivity contribution >= 4 is 15.7 Å². The van der Waals surface area contributed by atoms with Gasteiger partial charge in [-0.3, -0.25) is 9.71 Å². The minimum atomic E-state index is -4.12. The van der Waals surface area contributed by atoms with Crippen molar-refractivity contribution in [3.63, 3.8) is 0 Å². The largest absolute Gasteiger partial charge is 0.491 e. The molecule has 0 saturated carbocycles. The number of ether oxygens (including phenoxy) is 1.